The second kappa shape index (κ2) is 8.05. The van der Waals surface area contributed by atoms with Gasteiger partial charge in [-0.15, -0.1) is 0 Å². The van der Waals surface area contributed by atoms with Gasteiger partial charge in [0.1, 0.15) is 12.4 Å². The SMILES string of the molecule is CCOc1cc(/C=C2\SC(N)=NC2=O)ccc1OCc1ccccc1F. The Morgan fingerprint density at radius 2 is 2.00 bits per heavy atom. The van der Waals surface area contributed by atoms with Gasteiger partial charge in [0.15, 0.2) is 16.7 Å². The van der Waals surface area contributed by atoms with Crippen LogP contribution < -0.4 is 15.2 Å². The molecule has 0 radical (unpaired) electrons. The molecular formula is C19H17FN2O3S. The summed E-state index contributed by atoms with van der Waals surface area (Å²) in [6.45, 7) is 2.39. The molecule has 3 rings (SSSR count). The van der Waals surface area contributed by atoms with Crippen molar-refractivity contribution in [2.75, 3.05) is 6.61 Å². The standard InChI is InChI=1S/C19H17FN2O3S/c1-2-24-16-9-12(10-17-18(23)22-19(21)26-17)7-8-15(16)25-11-13-5-3-4-6-14(13)20/h3-10H,2,11H2,1H3,(H2,21,22,23)/b17-10-. The third-order valence-electron chi connectivity index (χ3n) is 3.54. The number of rotatable bonds is 6. The lowest BCUT2D eigenvalue weighted by molar-refractivity contribution is -0.113. The van der Waals surface area contributed by atoms with Gasteiger partial charge < -0.3 is 15.2 Å². The van der Waals surface area contributed by atoms with E-state index >= 15 is 0 Å². The summed E-state index contributed by atoms with van der Waals surface area (Å²) in [5, 5.41) is 0.233. The van der Waals surface area contributed by atoms with Crippen molar-refractivity contribution >= 4 is 28.9 Å². The third-order valence-corrected chi connectivity index (χ3v) is 4.36. The number of nitrogens with zero attached hydrogens (tertiary/aromatic N) is 1. The van der Waals surface area contributed by atoms with Crippen molar-refractivity contribution in [1.29, 1.82) is 0 Å². The Hall–Kier alpha value is -2.80. The fraction of sp³-hybridized carbons (Fsp3) is 0.158. The molecule has 0 fully saturated rings. The number of ether oxygens (including phenoxy) is 2. The van der Waals surface area contributed by atoms with E-state index in [2.05, 4.69) is 4.99 Å². The van der Waals surface area contributed by atoms with Crippen LogP contribution in [0, 0.1) is 5.82 Å². The Kier molecular flexibility index (Phi) is 5.58. The zero-order valence-corrected chi connectivity index (χ0v) is 14.9. The van der Waals surface area contributed by atoms with E-state index in [-0.39, 0.29) is 23.5 Å². The first-order chi connectivity index (χ1) is 12.6. The summed E-state index contributed by atoms with van der Waals surface area (Å²) in [6.07, 6.45) is 1.69. The van der Waals surface area contributed by atoms with E-state index in [1.807, 2.05) is 6.92 Å². The summed E-state index contributed by atoms with van der Waals surface area (Å²) in [6, 6.07) is 11.7. The second-order valence-electron chi connectivity index (χ2n) is 5.39. The van der Waals surface area contributed by atoms with Crippen LogP contribution in [0.3, 0.4) is 0 Å². The van der Waals surface area contributed by atoms with Gasteiger partial charge in [0.05, 0.1) is 11.5 Å². The van der Waals surface area contributed by atoms with Crippen molar-refractivity contribution in [3.8, 4) is 11.5 Å². The lowest BCUT2D eigenvalue weighted by Crippen LogP contribution is -2.01. The van der Waals surface area contributed by atoms with Gasteiger partial charge in [-0.3, -0.25) is 4.79 Å². The van der Waals surface area contributed by atoms with E-state index in [1.54, 1.807) is 42.5 Å². The van der Waals surface area contributed by atoms with Crippen LogP contribution in [0.4, 0.5) is 4.39 Å². The van der Waals surface area contributed by atoms with Crippen molar-refractivity contribution in [2.45, 2.75) is 13.5 Å². The molecule has 0 bridgehead atoms. The highest BCUT2D eigenvalue weighted by Crippen LogP contribution is 2.32. The van der Waals surface area contributed by atoms with Crippen LogP contribution in [-0.2, 0) is 11.4 Å². The molecule has 2 aromatic rings. The monoisotopic (exact) mass is 372 g/mol. The minimum atomic E-state index is -0.356. The molecule has 2 aromatic carbocycles. The molecule has 0 spiro atoms. The Balaban J connectivity index is 1.80. The quantitative estimate of drug-likeness (QED) is 0.782. The molecule has 0 saturated carbocycles. The Morgan fingerprint density at radius 1 is 1.19 bits per heavy atom. The van der Waals surface area contributed by atoms with Crippen LogP contribution in [0.25, 0.3) is 6.08 Å². The summed E-state index contributed by atoms with van der Waals surface area (Å²) in [7, 11) is 0. The van der Waals surface area contributed by atoms with Gasteiger partial charge in [0, 0.05) is 5.56 Å². The first kappa shape index (κ1) is 18.0. The molecule has 0 aliphatic carbocycles. The Labute approximate surface area is 154 Å². The lowest BCUT2D eigenvalue weighted by Gasteiger charge is -2.13. The van der Waals surface area contributed by atoms with Crippen molar-refractivity contribution < 1.29 is 18.7 Å². The first-order valence-electron chi connectivity index (χ1n) is 7.98. The smallest absolute Gasteiger partial charge is 0.286 e. The fourth-order valence-electron chi connectivity index (χ4n) is 2.35. The van der Waals surface area contributed by atoms with Crippen LogP contribution in [0.15, 0.2) is 52.4 Å². The van der Waals surface area contributed by atoms with Crippen molar-refractivity contribution in [3.05, 3.63) is 64.3 Å². The molecule has 1 aliphatic heterocycles. The zero-order chi connectivity index (χ0) is 18.5. The highest BCUT2D eigenvalue weighted by molar-refractivity contribution is 8.18. The predicted molar refractivity (Wildman–Crippen MR) is 101 cm³/mol. The van der Waals surface area contributed by atoms with Gasteiger partial charge in [-0.1, -0.05) is 24.3 Å². The number of halogens is 1. The molecule has 1 amide bonds. The van der Waals surface area contributed by atoms with E-state index in [1.165, 1.54) is 6.07 Å². The average Bonchev–Trinajstić information content (AvgIpc) is 2.93. The number of carbonyl (C=O) groups is 1. The van der Waals surface area contributed by atoms with Crippen molar-refractivity contribution in [2.24, 2.45) is 10.7 Å². The van der Waals surface area contributed by atoms with Crippen LogP contribution in [0.5, 0.6) is 11.5 Å². The predicted octanol–water partition coefficient (Wildman–Crippen LogP) is 3.73. The summed E-state index contributed by atoms with van der Waals surface area (Å²) in [4.78, 5) is 15.8. The van der Waals surface area contributed by atoms with E-state index in [4.69, 9.17) is 15.2 Å². The van der Waals surface area contributed by atoms with E-state index in [0.717, 1.165) is 17.3 Å². The number of amidine groups is 1. The molecule has 7 heteroatoms. The van der Waals surface area contributed by atoms with Gasteiger partial charge >= 0.3 is 0 Å². The molecule has 26 heavy (non-hydrogen) atoms. The van der Waals surface area contributed by atoms with Crippen LogP contribution in [0.1, 0.15) is 18.1 Å². The maximum absolute atomic E-state index is 13.7. The first-order valence-corrected chi connectivity index (χ1v) is 8.79. The maximum Gasteiger partial charge on any atom is 0.286 e. The normalized spacial score (nSPS) is 15.2. The van der Waals surface area contributed by atoms with Gasteiger partial charge in [-0.05, 0) is 48.5 Å². The van der Waals surface area contributed by atoms with Crippen LogP contribution in [-0.4, -0.2) is 17.7 Å². The summed E-state index contributed by atoms with van der Waals surface area (Å²) < 4.78 is 25.1. The fourth-order valence-corrected chi connectivity index (χ4v) is 3.03. The van der Waals surface area contributed by atoms with E-state index in [9.17, 15) is 9.18 Å². The Morgan fingerprint density at radius 3 is 2.69 bits per heavy atom. The third kappa shape index (κ3) is 4.23. The Bertz CT molecular complexity index is 896. The second-order valence-corrected chi connectivity index (χ2v) is 6.45. The number of hydrogen-bond acceptors (Lipinski definition) is 5. The molecular weight excluding hydrogens is 355 g/mol. The molecule has 1 aliphatic rings. The van der Waals surface area contributed by atoms with E-state index in [0.29, 0.717) is 28.6 Å². The van der Waals surface area contributed by atoms with Gasteiger partial charge in [-0.25, -0.2) is 4.39 Å². The number of nitrogens with two attached hydrogens (primary N) is 1. The topological polar surface area (TPSA) is 73.9 Å². The van der Waals surface area contributed by atoms with Gasteiger partial charge in [0.2, 0.25) is 0 Å². The molecule has 1 heterocycles. The summed E-state index contributed by atoms with van der Waals surface area (Å²) in [5.74, 6) is 0.340. The number of benzene rings is 2. The molecule has 0 aromatic heterocycles. The van der Waals surface area contributed by atoms with Gasteiger partial charge in [0.25, 0.3) is 5.91 Å². The lowest BCUT2D eigenvalue weighted by atomic mass is 10.2. The van der Waals surface area contributed by atoms with Crippen LogP contribution >= 0.6 is 11.8 Å². The molecule has 0 atom stereocenters. The summed E-state index contributed by atoms with van der Waals surface area (Å²) >= 11 is 1.13. The minimum absolute atomic E-state index is 0.0892. The molecule has 0 saturated heterocycles. The summed E-state index contributed by atoms with van der Waals surface area (Å²) in [5.41, 5.74) is 6.77. The highest BCUT2D eigenvalue weighted by Gasteiger charge is 2.19. The zero-order valence-electron chi connectivity index (χ0n) is 14.1. The average molecular weight is 372 g/mol. The highest BCUT2D eigenvalue weighted by atomic mass is 32.2. The number of aliphatic imine (C=N–C) groups is 1. The van der Waals surface area contributed by atoms with Gasteiger partial charge in [-0.2, -0.15) is 4.99 Å². The molecule has 2 N–H and O–H groups in total. The number of thioether (sulfide) groups is 1. The van der Waals surface area contributed by atoms with Crippen LogP contribution in [0.2, 0.25) is 0 Å². The largest absolute Gasteiger partial charge is 0.490 e. The molecule has 134 valence electrons. The van der Waals surface area contributed by atoms with E-state index < -0.39 is 0 Å². The molecule has 0 unspecified atom stereocenters. The number of amides is 1. The molecule has 5 nitrogen and oxygen atoms in total. The maximum atomic E-state index is 13.7. The number of carbonyl (C=O) groups excluding carboxylic acids is 1. The number of hydrogen-bond donors (Lipinski definition) is 1. The minimum Gasteiger partial charge on any atom is -0.490 e. The van der Waals surface area contributed by atoms with Crippen molar-refractivity contribution in [1.82, 2.24) is 0 Å². The van der Waals surface area contributed by atoms with Crippen molar-refractivity contribution in [3.63, 3.8) is 0 Å².